The Kier molecular flexibility index (Phi) is 2.62. The molecule has 1 aliphatic rings. The summed E-state index contributed by atoms with van der Waals surface area (Å²) in [5.41, 5.74) is 6.61. The molecule has 2 N–H and O–H groups in total. The van der Waals surface area contributed by atoms with Crippen molar-refractivity contribution < 1.29 is 4.39 Å². The van der Waals surface area contributed by atoms with E-state index in [9.17, 15) is 4.39 Å². The molecule has 76 valence electrons. The molecule has 1 nitrogen and oxygen atoms in total. The Bertz CT molecular complexity index is 377. The Morgan fingerprint density at radius 3 is 2.71 bits per heavy atom. The number of rotatable bonds is 2. The zero-order valence-electron chi connectivity index (χ0n) is 7.81. The van der Waals surface area contributed by atoms with Crippen LogP contribution in [-0.2, 0) is 0 Å². The molecule has 0 unspecified atom stereocenters. The van der Waals surface area contributed by atoms with E-state index >= 15 is 0 Å². The van der Waals surface area contributed by atoms with Gasteiger partial charge in [0, 0.05) is 4.90 Å². The van der Waals surface area contributed by atoms with Crippen LogP contribution in [0.1, 0.15) is 24.3 Å². The highest BCUT2D eigenvalue weighted by Gasteiger charge is 2.30. The van der Waals surface area contributed by atoms with Crippen molar-refractivity contribution in [3.8, 4) is 0 Å². The van der Waals surface area contributed by atoms with Gasteiger partial charge in [-0.2, -0.15) is 0 Å². The van der Waals surface area contributed by atoms with Gasteiger partial charge in [-0.3, -0.25) is 0 Å². The van der Waals surface area contributed by atoms with E-state index in [2.05, 4.69) is 0 Å². The van der Waals surface area contributed by atoms with Crippen molar-refractivity contribution >= 4 is 29.1 Å². The molecule has 0 heterocycles. The highest BCUT2D eigenvalue weighted by molar-refractivity contribution is 7.98. The quantitative estimate of drug-likeness (QED) is 0.621. The first kappa shape index (κ1) is 10.1. The minimum absolute atomic E-state index is 0.142. The number of nitrogens with two attached hydrogens (primary N) is 1. The van der Waals surface area contributed by atoms with Gasteiger partial charge in [-0.25, -0.2) is 4.39 Å². The Morgan fingerprint density at radius 1 is 1.57 bits per heavy atom. The largest absolute Gasteiger partial charge is 0.396 e. The highest BCUT2D eigenvalue weighted by atomic mass is 35.5. The van der Waals surface area contributed by atoms with Crippen molar-refractivity contribution in [1.29, 1.82) is 0 Å². The average molecular weight is 232 g/mol. The van der Waals surface area contributed by atoms with Crippen LogP contribution in [0.2, 0.25) is 5.02 Å². The molecule has 0 amide bonds. The van der Waals surface area contributed by atoms with Gasteiger partial charge in [0.05, 0.1) is 10.7 Å². The van der Waals surface area contributed by atoms with Gasteiger partial charge in [0.2, 0.25) is 0 Å². The number of nitrogen functional groups attached to an aromatic ring is 1. The summed E-state index contributed by atoms with van der Waals surface area (Å²) in [4.78, 5) is 1.01. The van der Waals surface area contributed by atoms with Gasteiger partial charge >= 0.3 is 0 Å². The molecule has 1 fully saturated rings. The molecule has 0 saturated heterocycles. The van der Waals surface area contributed by atoms with E-state index in [0.717, 1.165) is 23.3 Å². The van der Waals surface area contributed by atoms with E-state index in [1.54, 1.807) is 17.8 Å². The molecule has 4 heteroatoms. The molecular formula is C10H11ClFNS. The van der Waals surface area contributed by atoms with Crippen LogP contribution in [0, 0.1) is 5.82 Å². The fourth-order valence-electron chi connectivity index (χ4n) is 1.56. The van der Waals surface area contributed by atoms with Crippen LogP contribution >= 0.6 is 23.4 Å². The summed E-state index contributed by atoms with van der Waals surface area (Å²) in [7, 11) is 0. The summed E-state index contributed by atoms with van der Waals surface area (Å²) >= 11 is 7.52. The van der Waals surface area contributed by atoms with Crippen LogP contribution in [-0.4, -0.2) is 6.26 Å². The molecule has 0 spiro atoms. The summed E-state index contributed by atoms with van der Waals surface area (Å²) in [6.45, 7) is 0. The maximum Gasteiger partial charge on any atom is 0.165 e. The average Bonchev–Trinajstić information content (AvgIpc) is 2.97. The van der Waals surface area contributed by atoms with Crippen molar-refractivity contribution in [2.75, 3.05) is 12.0 Å². The first-order valence-electron chi connectivity index (χ1n) is 4.46. The third-order valence-electron chi connectivity index (χ3n) is 2.44. The Hall–Kier alpha value is -0.410. The third-order valence-corrected chi connectivity index (χ3v) is 3.59. The van der Waals surface area contributed by atoms with Crippen LogP contribution in [0.25, 0.3) is 0 Å². The van der Waals surface area contributed by atoms with Crippen molar-refractivity contribution in [2.45, 2.75) is 23.7 Å². The summed E-state index contributed by atoms with van der Waals surface area (Å²) in [6.07, 6.45) is 4.17. The second kappa shape index (κ2) is 3.63. The molecule has 0 radical (unpaired) electrons. The standard InChI is InChI=1S/C10H11ClFNS/c1-14-7-4-6(13)10(12)9(11)8(7)5-2-3-5/h4-5H,2-3,13H2,1H3. The fraction of sp³-hybridized carbons (Fsp3) is 0.400. The van der Waals surface area contributed by atoms with Crippen molar-refractivity contribution in [1.82, 2.24) is 0 Å². The molecule has 1 aromatic rings. The SMILES string of the molecule is CSc1cc(N)c(F)c(Cl)c1C1CC1. The van der Waals surface area contributed by atoms with Crippen LogP contribution in [0.4, 0.5) is 10.1 Å². The minimum Gasteiger partial charge on any atom is -0.396 e. The number of anilines is 1. The third kappa shape index (κ3) is 1.59. The molecule has 14 heavy (non-hydrogen) atoms. The first-order chi connectivity index (χ1) is 6.65. The Balaban J connectivity index is 2.59. The van der Waals surface area contributed by atoms with Gasteiger partial charge in [-0.05, 0) is 36.6 Å². The van der Waals surface area contributed by atoms with Crippen LogP contribution in [0.15, 0.2) is 11.0 Å². The van der Waals surface area contributed by atoms with Gasteiger partial charge < -0.3 is 5.73 Å². The van der Waals surface area contributed by atoms with Crippen LogP contribution < -0.4 is 5.73 Å². The fourth-order valence-corrected chi connectivity index (χ4v) is 2.71. The molecular weight excluding hydrogens is 221 g/mol. The number of benzene rings is 1. The minimum atomic E-state index is -0.466. The van der Waals surface area contributed by atoms with Crippen LogP contribution in [0.5, 0.6) is 0 Å². The zero-order valence-corrected chi connectivity index (χ0v) is 9.38. The molecule has 1 saturated carbocycles. The van der Waals surface area contributed by atoms with Crippen LogP contribution in [0.3, 0.4) is 0 Å². The topological polar surface area (TPSA) is 26.0 Å². The lowest BCUT2D eigenvalue weighted by Crippen LogP contribution is -1.97. The highest BCUT2D eigenvalue weighted by Crippen LogP contribution is 2.48. The Morgan fingerprint density at radius 2 is 2.21 bits per heavy atom. The van der Waals surface area contributed by atoms with Crippen molar-refractivity contribution in [3.63, 3.8) is 0 Å². The van der Waals surface area contributed by atoms with E-state index in [1.165, 1.54) is 0 Å². The van der Waals surface area contributed by atoms with Gasteiger partial charge in [-0.1, -0.05) is 11.6 Å². The first-order valence-corrected chi connectivity index (χ1v) is 6.06. The zero-order chi connectivity index (χ0) is 10.3. The molecule has 1 aliphatic carbocycles. The van der Waals surface area contributed by atoms with Gasteiger partial charge in [0.15, 0.2) is 5.82 Å². The lowest BCUT2D eigenvalue weighted by Gasteiger charge is -2.11. The summed E-state index contributed by atoms with van der Waals surface area (Å²) < 4.78 is 13.4. The van der Waals surface area contributed by atoms with E-state index in [-0.39, 0.29) is 10.7 Å². The smallest absolute Gasteiger partial charge is 0.165 e. The number of hydrogen-bond acceptors (Lipinski definition) is 2. The van der Waals surface area contributed by atoms with Crippen molar-refractivity contribution in [3.05, 3.63) is 22.5 Å². The van der Waals surface area contributed by atoms with Gasteiger partial charge in [0.25, 0.3) is 0 Å². The summed E-state index contributed by atoms with van der Waals surface area (Å²) in [5.74, 6) is -0.0218. The van der Waals surface area contributed by atoms with Gasteiger partial charge in [-0.15, -0.1) is 11.8 Å². The predicted octanol–water partition coefficient (Wildman–Crippen LogP) is 3.66. The monoisotopic (exact) mass is 231 g/mol. The number of halogens is 2. The van der Waals surface area contributed by atoms with E-state index < -0.39 is 5.82 Å². The Labute approximate surface area is 91.8 Å². The number of hydrogen-bond donors (Lipinski definition) is 1. The lowest BCUT2D eigenvalue weighted by molar-refractivity contribution is 0.629. The van der Waals surface area contributed by atoms with E-state index in [4.69, 9.17) is 17.3 Å². The summed E-state index contributed by atoms with van der Waals surface area (Å²) in [6, 6.07) is 1.68. The summed E-state index contributed by atoms with van der Waals surface area (Å²) in [5, 5.41) is 0.219. The molecule has 0 atom stereocenters. The number of thioether (sulfide) groups is 1. The van der Waals surface area contributed by atoms with E-state index in [0.29, 0.717) is 5.92 Å². The lowest BCUT2D eigenvalue weighted by atomic mass is 10.1. The van der Waals surface area contributed by atoms with Crippen molar-refractivity contribution in [2.24, 2.45) is 0 Å². The second-order valence-electron chi connectivity index (χ2n) is 3.48. The maximum absolute atomic E-state index is 13.4. The van der Waals surface area contributed by atoms with Gasteiger partial charge in [0.1, 0.15) is 0 Å². The normalized spacial score (nSPS) is 15.9. The molecule has 0 bridgehead atoms. The maximum atomic E-state index is 13.4. The predicted molar refractivity (Wildman–Crippen MR) is 59.6 cm³/mol. The van der Waals surface area contributed by atoms with E-state index in [1.807, 2.05) is 6.26 Å². The molecule has 1 aromatic carbocycles. The molecule has 2 rings (SSSR count). The molecule has 0 aliphatic heterocycles. The molecule has 0 aromatic heterocycles. The second-order valence-corrected chi connectivity index (χ2v) is 4.71.